The highest BCUT2D eigenvalue weighted by molar-refractivity contribution is 6.05. The van der Waals surface area contributed by atoms with Gasteiger partial charge in [0.05, 0.1) is 5.69 Å². The molecule has 31 heavy (non-hydrogen) atoms. The number of hydrogen-bond acceptors (Lipinski definition) is 4. The monoisotopic (exact) mass is 407 g/mol. The second kappa shape index (κ2) is 7.32. The van der Waals surface area contributed by atoms with E-state index in [4.69, 9.17) is 5.10 Å². The predicted octanol–water partition coefficient (Wildman–Crippen LogP) is 5.12. The van der Waals surface area contributed by atoms with Crippen LogP contribution in [0.2, 0.25) is 0 Å². The van der Waals surface area contributed by atoms with Gasteiger partial charge in [0.1, 0.15) is 0 Å². The predicted molar refractivity (Wildman–Crippen MR) is 122 cm³/mol. The van der Waals surface area contributed by atoms with Gasteiger partial charge in [0.25, 0.3) is 5.91 Å². The number of carbonyl (C=O) groups excluding carboxylic acids is 1. The molecule has 2 heterocycles. The summed E-state index contributed by atoms with van der Waals surface area (Å²) in [5, 5.41) is 18.6. The Hall–Kier alpha value is -4.06. The van der Waals surface area contributed by atoms with Crippen molar-refractivity contribution >= 4 is 28.0 Å². The summed E-state index contributed by atoms with van der Waals surface area (Å²) in [5.74, 6) is 0.487. The number of rotatable bonds is 3. The van der Waals surface area contributed by atoms with Crippen LogP contribution in [-0.2, 0) is 0 Å². The Morgan fingerprint density at radius 3 is 2.39 bits per heavy atom. The minimum atomic E-state index is -0.147. The Kier molecular flexibility index (Phi) is 4.47. The smallest absolute Gasteiger partial charge is 0.255 e. The Morgan fingerprint density at radius 2 is 1.61 bits per heavy atom. The molecule has 0 aliphatic heterocycles. The maximum absolute atomic E-state index is 12.7. The van der Waals surface area contributed by atoms with Crippen molar-refractivity contribution in [2.45, 2.75) is 20.8 Å². The molecule has 1 amide bonds. The van der Waals surface area contributed by atoms with E-state index in [1.807, 2.05) is 87.5 Å². The summed E-state index contributed by atoms with van der Waals surface area (Å²) in [6.07, 6.45) is 0. The molecule has 0 unspecified atom stereocenters. The molecule has 0 spiro atoms. The summed E-state index contributed by atoms with van der Waals surface area (Å²) in [6, 6.07) is 21.4. The topological polar surface area (TPSA) is 72.2 Å². The van der Waals surface area contributed by atoms with Crippen LogP contribution < -0.4 is 5.32 Å². The second-order valence-electron chi connectivity index (χ2n) is 7.74. The highest BCUT2D eigenvalue weighted by Gasteiger charge is 2.15. The van der Waals surface area contributed by atoms with Crippen molar-refractivity contribution in [1.29, 1.82) is 0 Å². The minimum Gasteiger partial charge on any atom is -0.322 e. The number of aryl methyl sites for hydroxylation is 3. The molecular formula is C25H21N5O. The lowest BCUT2D eigenvalue weighted by atomic mass is 10.1. The third-order valence-corrected chi connectivity index (χ3v) is 5.51. The van der Waals surface area contributed by atoms with Crippen LogP contribution in [-0.4, -0.2) is 25.7 Å². The van der Waals surface area contributed by atoms with Crippen molar-refractivity contribution < 1.29 is 4.79 Å². The molecule has 0 aliphatic rings. The van der Waals surface area contributed by atoms with Gasteiger partial charge in [-0.3, -0.25) is 4.79 Å². The molecule has 5 aromatic rings. The van der Waals surface area contributed by atoms with Crippen molar-refractivity contribution in [3.8, 4) is 11.4 Å². The molecule has 6 heteroatoms. The Bertz CT molecular complexity index is 1450. The number of amides is 1. The van der Waals surface area contributed by atoms with Gasteiger partial charge in [0.2, 0.25) is 0 Å². The maximum atomic E-state index is 12.7. The first kappa shape index (κ1) is 18.9. The van der Waals surface area contributed by atoms with Crippen molar-refractivity contribution in [3.05, 3.63) is 89.1 Å². The van der Waals surface area contributed by atoms with Crippen LogP contribution in [0.1, 0.15) is 27.2 Å². The first-order chi connectivity index (χ1) is 15.0. The van der Waals surface area contributed by atoms with Gasteiger partial charge in [-0.2, -0.15) is 9.61 Å². The third-order valence-electron chi connectivity index (χ3n) is 5.51. The zero-order chi connectivity index (χ0) is 21.5. The van der Waals surface area contributed by atoms with E-state index < -0.39 is 0 Å². The van der Waals surface area contributed by atoms with Crippen LogP contribution >= 0.6 is 0 Å². The van der Waals surface area contributed by atoms with E-state index in [1.54, 1.807) is 4.52 Å². The van der Waals surface area contributed by atoms with Crippen molar-refractivity contribution in [2.75, 3.05) is 5.32 Å². The van der Waals surface area contributed by atoms with Crippen LogP contribution in [0, 0.1) is 20.8 Å². The Balaban J connectivity index is 1.57. The quantitative estimate of drug-likeness (QED) is 0.450. The number of fused-ring (bicyclic) bond motifs is 3. The van der Waals surface area contributed by atoms with Crippen molar-refractivity contribution in [3.63, 3.8) is 0 Å². The normalized spacial score (nSPS) is 11.2. The van der Waals surface area contributed by atoms with E-state index in [1.165, 1.54) is 0 Å². The summed E-state index contributed by atoms with van der Waals surface area (Å²) >= 11 is 0. The van der Waals surface area contributed by atoms with Gasteiger partial charge in [0.15, 0.2) is 11.5 Å². The number of aromatic nitrogens is 4. The molecule has 0 saturated heterocycles. The van der Waals surface area contributed by atoms with Gasteiger partial charge in [0, 0.05) is 27.6 Å². The van der Waals surface area contributed by atoms with Gasteiger partial charge in [-0.15, -0.1) is 10.2 Å². The summed E-state index contributed by atoms with van der Waals surface area (Å²) in [6.45, 7) is 5.94. The molecule has 152 valence electrons. The van der Waals surface area contributed by atoms with Crippen LogP contribution in [0.4, 0.5) is 5.69 Å². The van der Waals surface area contributed by atoms with Crippen LogP contribution in [0.25, 0.3) is 27.8 Å². The zero-order valence-electron chi connectivity index (χ0n) is 17.5. The number of nitrogens with zero attached hydrogens (tertiary/aromatic N) is 4. The van der Waals surface area contributed by atoms with E-state index in [9.17, 15) is 4.79 Å². The first-order valence-electron chi connectivity index (χ1n) is 10.1. The minimum absolute atomic E-state index is 0.147. The summed E-state index contributed by atoms with van der Waals surface area (Å²) in [5.41, 5.74) is 5.88. The highest BCUT2D eigenvalue weighted by Crippen LogP contribution is 2.27. The maximum Gasteiger partial charge on any atom is 0.255 e. The summed E-state index contributed by atoms with van der Waals surface area (Å²) in [4.78, 5) is 12.7. The Morgan fingerprint density at radius 1 is 0.871 bits per heavy atom. The van der Waals surface area contributed by atoms with Gasteiger partial charge < -0.3 is 5.32 Å². The van der Waals surface area contributed by atoms with Crippen LogP contribution in [0.15, 0.2) is 66.7 Å². The van der Waals surface area contributed by atoms with E-state index in [2.05, 4.69) is 15.5 Å². The van der Waals surface area contributed by atoms with E-state index in [-0.39, 0.29) is 5.91 Å². The van der Waals surface area contributed by atoms with E-state index in [0.717, 1.165) is 38.8 Å². The third kappa shape index (κ3) is 3.32. The molecule has 3 aromatic carbocycles. The van der Waals surface area contributed by atoms with Gasteiger partial charge in [-0.05, 0) is 44.5 Å². The number of anilines is 1. The van der Waals surface area contributed by atoms with Gasteiger partial charge in [-0.1, -0.05) is 54.1 Å². The number of carbonyl (C=O) groups is 1. The van der Waals surface area contributed by atoms with Gasteiger partial charge in [-0.25, -0.2) is 0 Å². The number of nitrogens with one attached hydrogen (secondary N) is 1. The second-order valence-corrected chi connectivity index (χ2v) is 7.74. The molecule has 0 radical (unpaired) electrons. The van der Waals surface area contributed by atoms with Crippen LogP contribution in [0.3, 0.4) is 0 Å². The first-order valence-corrected chi connectivity index (χ1v) is 10.1. The molecule has 0 saturated carbocycles. The number of benzene rings is 3. The molecular weight excluding hydrogens is 386 g/mol. The summed E-state index contributed by atoms with van der Waals surface area (Å²) in [7, 11) is 0. The fourth-order valence-corrected chi connectivity index (χ4v) is 3.72. The lowest BCUT2D eigenvalue weighted by Crippen LogP contribution is -2.12. The molecule has 5 rings (SSSR count). The average Bonchev–Trinajstić information content (AvgIpc) is 3.20. The molecule has 0 bridgehead atoms. The molecule has 0 aliphatic carbocycles. The largest absolute Gasteiger partial charge is 0.322 e. The lowest BCUT2D eigenvalue weighted by molar-refractivity contribution is 0.102. The summed E-state index contributed by atoms with van der Waals surface area (Å²) < 4.78 is 1.77. The van der Waals surface area contributed by atoms with E-state index >= 15 is 0 Å². The average molecular weight is 407 g/mol. The molecule has 1 N–H and O–H groups in total. The standard InChI is InChI=1S/C25H21N5O/c1-15-8-11-18(12-9-15)25(31)26-22-14-19(13-10-16(22)2)23-27-28-24-21-7-5-4-6-20(21)17(3)29-30(23)24/h4-14H,1-3H3,(H,26,31). The fraction of sp³-hybridized carbons (Fsp3) is 0.120. The zero-order valence-corrected chi connectivity index (χ0v) is 17.5. The Labute approximate surface area is 179 Å². The molecule has 0 atom stereocenters. The van der Waals surface area contributed by atoms with Crippen LogP contribution in [0.5, 0.6) is 0 Å². The number of hydrogen-bond donors (Lipinski definition) is 1. The van der Waals surface area contributed by atoms with Crippen molar-refractivity contribution in [1.82, 2.24) is 19.8 Å². The van der Waals surface area contributed by atoms with Crippen molar-refractivity contribution in [2.24, 2.45) is 0 Å². The lowest BCUT2D eigenvalue weighted by Gasteiger charge is -2.11. The molecule has 0 fully saturated rings. The van der Waals surface area contributed by atoms with E-state index in [0.29, 0.717) is 17.0 Å². The SMILES string of the molecule is Cc1ccc(C(=O)Nc2cc(-c3nnc4c5ccccc5c(C)nn34)ccc2C)cc1. The fourth-order valence-electron chi connectivity index (χ4n) is 3.72. The molecule has 6 nitrogen and oxygen atoms in total. The van der Waals surface area contributed by atoms with Gasteiger partial charge >= 0.3 is 0 Å². The molecule has 2 aromatic heterocycles. The highest BCUT2D eigenvalue weighted by atomic mass is 16.1.